The summed E-state index contributed by atoms with van der Waals surface area (Å²) in [4.78, 5) is 13.0. The van der Waals surface area contributed by atoms with Crippen molar-refractivity contribution in [1.82, 2.24) is 0 Å². The second-order valence-corrected chi connectivity index (χ2v) is 7.66. The Hall–Kier alpha value is -3.54. The van der Waals surface area contributed by atoms with Gasteiger partial charge in [-0.2, -0.15) is 0 Å². The molecule has 3 aromatic rings. The monoisotopic (exact) mass is 433 g/mol. The molecule has 0 amide bonds. The lowest BCUT2D eigenvalue weighted by Gasteiger charge is -2.21. The van der Waals surface area contributed by atoms with E-state index in [0.29, 0.717) is 11.4 Å². The lowest BCUT2D eigenvalue weighted by atomic mass is 10.0. The van der Waals surface area contributed by atoms with Crippen molar-refractivity contribution in [2.75, 3.05) is 30.4 Å². The normalized spacial score (nSPS) is 10.6. The summed E-state index contributed by atoms with van der Waals surface area (Å²) in [5, 5.41) is 14.3. The van der Waals surface area contributed by atoms with Crippen LogP contribution in [0.4, 0.5) is 22.7 Å². The van der Waals surface area contributed by atoms with Crippen molar-refractivity contribution in [3.05, 3.63) is 88.0 Å². The average Bonchev–Trinajstić information content (AvgIpc) is 2.82. The van der Waals surface area contributed by atoms with Crippen LogP contribution in [0.5, 0.6) is 5.75 Å². The van der Waals surface area contributed by atoms with Gasteiger partial charge < -0.3 is 15.0 Å². The van der Waals surface area contributed by atoms with Crippen molar-refractivity contribution in [2.24, 2.45) is 0 Å². The average molecular weight is 434 g/mol. The van der Waals surface area contributed by atoms with Gasteiger partial charge in [-0.15, -0.1) is 0 Å². The molecule has 0 aliphatic rings. The number of ether oxygens (including phenoxy) is 1. The lowest BCUT2D eigenvalue weighted by Crippen LogP contribution is -2.21. The van der Waals surface area contributed by atoms with Gasteiger partial charge in [-0.3, -0.25) is 10.1 Å². The van der Waals surface area contributed by atoms with Crippen LogP contribution in [0.3, 0.4) is 0 Å². The highest BCUT2D eigenvalue weighted by molar-refractivity contribution is 5.69. The molecular formula is C26H31N3O3. The van der Waals surface area contributed by atoms with E-state index in [1.165, 1.54) is 28.9 Å². The second kappa shape index (κ2) is 11.2. The highest BCUT2D eigenvalue weighted by atomic mass is 16.6. The number of non-ortho nitro benzene ring substituents is 1. The van der Waals surface area contributed by atoms with Crippen molar-refractivity contribution in [3.8, 4) is 5.75 Å². The van der Waals surface area contributed by atoms with E-state index in [0.717, 1.165) is 38.0 Å². The zero-order chi connectivity index (χ0) is 22.9. The number of hydrogen-bond acceptors (Lipinski definition) is 5. The van der Waals surface area contributed by atoms with Gasteiger partial charge in [0.1, 0.15) is 5.75 Å². The molecule has 0 aliphatic carbocycles. The van der Waals surface area contributed by atoms with Crippen molar-refractivity contribution >= 4 is 22.7 Å². The van der Waals surface area contributed by atoms with Crippen LogP contribution in [0.25, 0.3) is 0 Å². The van der Waals surface area contributed by atoms with Crippen LogP contribution in [0, 0.1) is 10.1 Å². The summed E-state index contributed by atoms with van der Waals surface area (Å²) in [6.45, 7) is 6.40. The first-order valence-corrected chi connectivity index (χ1v) is 11.1. The molecule has 3 rings (SSSR count). The number of nitro groups is 1. The lowest BCUT2D eigenvalue weighted by molar-refractivity contribution is -0.384. The summed E-state index contributed by atoms with van der Waals surface area (Å²) < 4.78 is 5.32. The molecule has 1 N–H and O–H groups in total. The molecule has 0 saturated carbocycles. The minimum Gasteiger partial charge on any atom is -0.495 e. The summed E-state index contributed by atoms with van der Waals surface area (Å²) in [7, 11) is 1.55. The molecular weight excluding hydrogens is 402 g/mol. The Kier molecular flexibility index (Phi) is 8.08. The van der Waals surface area contributed by atoms with Gasteiger partial charge in [-0.1, -0.05) is 24.3 Å². The third-order valence-corrected chi connectivity index (χ3v) is 5.62. The zero-order valence-electron chi connectivity index (χ0n) is 19.0. The van der Waals surface area contributed by atoms with Gasteiger partial charge in [-0.05, 0) is 74.6 Å². The Morgan fingerprint density at radius 3 is 2.03 bits per heavy atom. The summed E-state index contributed by atoms with van der Waals surface area (Å²) in [6.07, 6.45) is 3.12. The van der Waals surface area contributed by atoms with Crippen LogP contribution < -0.4 is 15.0 Å². The SMILES string of the molecule is CCN(CC)c1ccc(CCCc2ccc(Nc3cc([N+](=O)[O-])ccc3OC)cc2)cc1. The molecule has 0 aliphatic heterocycles. The molecule has 3 aromatic carbocycles. The van der Waals surface area contributed by atoms with E-state index < -0.39 is 4.92 Å². The third-order valence-electron chi connectivity index (χ3n) is 5.62. The fourth-order valence-corrected chi connectivity index (χ4v) is 3.78. The standard InChI is InChI=1S/C26H31N3O3/c1-4-28(5-2)23-15-11-21(12-16-23)8-6-7-20-9-13-22(14-10-20)27-25-19-24(29(30)31)17-18-26(25)32-3/h9-19,27H,4-8H2,1-3H3. The highest BCUT2D eigenvalue weighted by Crippen LogP contribution is 2.31. The van der Waals surface area contributed by atoms with E-state index in [9.17, 15) is 10.1 Å². The first-order chi connectivity index (χ1) is 15.5. The van der Waals surface area contributed by atoms with Gasteiger partial charge >= 0.3 is 0 Å². The fraction of sp³-hybridized carbons (Fsp3) is 0.308. The predicted molar refractivity (Wildman–Crippen MR) is 131 cm³/mol. The molecule has 0 atom stereocenters. The Morgan fingerprint density at radius 2 is 1.50 bits per heavy atom. The van der Waals surface area contributed by atoms with Crippen LogP contribution in [0.1, 0.15) is 31.4 Å². The molecule has 6 heteroatoms. The molecule has 0 heterocycles. The van der Waals surface area contributed by atoms with Crippen molar-refractivity contribution in [2.45, 2.75) is 33.1 Å². The van der Waals surface area contributed by atoms with Crippen LogP contribution in [0.2, 0.25) is 0 Å². The Balaban J connectivity index is 1.55. The van der Waals surface area contributed by atoms with Crippen LogP contribution >= 0.6 is 0 Å². The van der Waals surface area contributed by atoms with E-state index in [2.05, 4.69) is 60.5 Å². The van der Waals surface area contributed by atoms with Gasteiger partial charge in [0.05, 0.1) is 17.7 Å². The second-order valence-electron chi connectivity index (χ2n) is 7.66. The predicted octanol–water partition coefficient (Wildman–Crippen LogP) is 6.37. The van der Waals surface area contributed by atoms with Crippen LogP contribution in [-0.4, -0.2) is 25.1 Å². The first kappa shape index (κ1) is 23.1. The first-order valence-electron chi connectivity index (χ1n) is 11.1. The zero-order valence-corrected chi connectivity index (χ0v) is 19.0. The van der Waals surface area contributed by atoms with Crippen molar-refractivity contribution in [3.63, 3.8) is 0 Å². The van der Waals surface area contributed by atoms with E-state index in [4.69, 9.17) is 4.74 Å². The summed E-state index contributed by atoms with van der Waals surface area (Å²) in [6, 6.07) is 21.6. The van der Waals surface area contributed by atoms with Crippen LogP contribution in [-0.2, 0) is 12.8 Å². The maximum atomic E-state index is 11.1. The molecule has 0 unspecified atom stereocenters. The number of hydrogen-bond donors (Lipinski definition) is 1. The Bertz CT molecular complexity index is 1010. The largest absolute Gasteiger partial charge is 0.495 e. The maximum absolute atomic E-state index is 11.1. The van der Waals surface area contributed by atoms with E-state index in [1.807, 2.05) is 12.1 Å². The number of aryl methyl sites for hydroxylation is 2. The summed E-state index contributed by atoms with van der Waals surface area (Å²) in [5.74, 6) is 0.562. The van der Waals surface area contributed by atoms with E-state index in [1.54, 1.807) is 13.2 Å². The van der Waals surface area contributed by atoms with Crippen molar-refractivity contribution in [1.29, 1.82) is 0 Å². The Morgan fingerprint density at radius 1 is 0.906 bits per heavy atom. The minimum atomic E-state index is -0.412. The van der Waals surface area contributed by atoms with Crippen molar-refractivity contribution < 1.29 is 9.66 Å². The molecule has 0 saturated heterocycles. The number of nitrogens with one attached hydrogen (secondary N) is 1. The summed E-state index contributed by atoms with van der Waals surface area (Å²) in [5.41, 5.74) is 5.36. The molecule has 0 spiro atoms. The molecule has 6 nitrogen and oxygen atoms in total. The number of benzene rings is 3. The number of nitro benzene ring substituents is 1. The highest BCUT2D eigenvalue weighted by Gasteiger charge is 2.11. The van der Waals surface area contributed by atoms with Gasteiger partial charge in [0.2, 0.25) is 0 Å². The number of rotatable bonds is 11. The third kappa shape index (κ3) is 6.00. The van der Waals surface area contributed by atoms with Gasteiger partial charge in [-0.25, -0.2) is 0 Å². The molecule has 168 valence electrons. The maximum Gasteiger partial charge on any atom is 0.271 e. The van der Waals surface area contributed by atoms with Gasteiger partial charge in [0.15, 0.2) is 0 Å². The number of nitrogens with zero attached hydrogens (tertiary/aromatic N) is 2. The minimum absolute atomic E-state index is 0.0232. The van der Waals surface area contributed by atoms with Gasteiger partial charge in [0, 0.05) is 36.6 Å². The number of anilines is 3. The molecule has 0 aromatic heterocycles. The van der Waals surface area contributed by atoms with E-state index in [-0.39, 0.29) is 5.69 Å². The van der Waals surface area contributed by atoms with Crippen LogP contribution in [0.15, 0.2) is 66.7 Å². The molecule has 0 fully saturated rings. The number of methoxy groups -OCH3 is 1. The molecule has 0 radical (unpaired) electrons. The smallest absolute Gasteiger partial charge is 0.271 e. The fourth-order valence-electron chi connectivity index (χ4n) is 3.78. The quantitative estimate of drug-likeness (QED) is 0.281. The van der Waals surface area contributed by atoms with E-state index >= 15 is 0 Å². The van der Waals surface area contributed by atoms with Gasteiger partial charge in [0.25, 0.3) is 5.69 Å². The summed E-state index contributed by atoms with van der Waals surface area (Å²) >= 11 is 0. The molecule has 0 bridgehead atoms. The topological polar surface area (TPSA) is 67.6 Å². The Labute approximate surface area is 190 Å². The molecule has 32 heavy (non-hydrogen) atoms.